The van der Waals surface area contributed by atoms with Crippen LogP contribution in [0.1, 0.15) is 23.2 Å². The molecule has 1 aliphatic rings. The minimum atomic E-state index is -0.0452. The van der Waals surface area contributed by atoms with Crippen LogP contribution in [0.4, 0.5) is 0 Å². The fourth-order valence-electron chi connectivity index (χ4n) is 2.29. The number of carbonyl (C=O) groups excluding carboxylic acids is 1. The van der Waals surface area contributed by atoms with Crippen molar-refractivity contribution in [1.29, 1.82) is 0 Å². The van der Waals surface area contributed by atoms with Gasteiger partial charge in [0.05, 0.1) is 23.2 Å². The summed E-state index contributed by atoms with van der Waals surface area (Å²) in [5.41, 5.74) is 0.504. The zero-order valence-corrected chi connectivity index (χ0v) is 11.7. The number of amides is 1. The number of likely N-dealkylation sites (tertiary alicyclic amines) is 1. The lowest BCUT2D eigenvalue weighted by Gasteiger charge is -2.24. The molecule has 1 aromatic carbocycles. The standard InChI is InChI=1S/C13H15Cl2NO2/c1-18-8-10-3-2-6-16(10)13(17)11-5-4-9(14)7-12(11)15/h4-5,7,10H,2-3,6,8H2,1H3. The van der Waals surface area contributed by atoms with Gasteiger partial charge >= 0.3 is 0 Å². The van der Waals surface area contributed by atoms with E-state index in [0.717, 1.165) is 19.4 Å². The van der Waals surface area contributed by atoms with Gasteiger partial charge in [-0.3, -0.25) is 4.79 Å². The van der Waals surface area contributed by atoms with Gasteiger partial charge in [-0.2, -0.15) is 0 Å². The lowest BCUT2D eigenvalue weighted by molar-refractivity contribution is 0.0631. The van der Waals surface area contributed by atoms with Crippen molar-refractivity contribution in [1.82, 2.24) is 4.90 Å². The minimum absolute atomic E-state index is 0.0452. The summed E-state index contributed by atoms with van der Waals surface area (Å²) < 4.78 is 5.14. The number of nitrogens with zero attached hydrogens (tertiary/aromatic N) is 1. The first-order valence-electron chi connectivity index (χ1n) is 5.88. The van der Waals surface area contributed by atoms with E-state index in [4.69, 9.17) is 27.9 Å². The Labute approximate surface area is 117 Å². The average Bonchev–Trinajstić information content (AvgIpc) is 2.77. The van der Waals surface area contributed by atoms with Gasteiger partial charge in [-0.1, -0.05) is 23.2 Å². The molecular formula is C13H15Cl2NO2. The second-order valence-electron chi connectivity index (χ2n) is 4.37. The van der Waals surface area contributed by atoms with Crippen LogP contribution in [0.25, 0.3) is 0 Å². The van der Waals surface area contributed by atoms with Crippen molar-refractivity contribution in [3.63, 3.8) is 0 Å². The normalized spacial score (nSPS) is 19.3. The van der Waals surface area contributed by atoms with Crippen LogP contribution in [0.3, 0.4) is 0 Å². The fourth-order valence-corrected chi connectivity index (χ4v) is 2.78. The van der Waals surface area contributed by atoms with Crippen LogP contribution in [0.15, 0.2) is 18.2 Å². The van der Waals surface area contributed by atoms with Gasteiger partial charge in [0.25, 0.3) is 5.91 Å². The third-order valence-electron chi connectivity index (χ3n) is 3.16. The molecule has 0 bridgehead atoms. The maximum Gasteiger partial charge on any atom is 0.255 e. The van der Waals surface area contributed by atoms with E-state index >= 15 is 0 Å². The second kappa shape index (κ2) is 5.91. The Hall–Kier alpha value is -0.770. The summed E-state index contributed by atoms with van der Waals surface area (Å²) in [5, 5.41) is 0.932. The molecular weight excluding hydrogens is 273 g/mol. The Bertz CT molecular complexity index is 451. The molecule has 1 saturated heterocycles. The maximum atomic E-state index is 12.4. The summed E-state index contributed by atoms with van der Waals surface area (Å²) in [5.74, 6) is -0.0452. The lowest BCUT2D eigenvalue weighted by Crippen LogP contribution is -2.38. The molecule has 2 rings (SSSR count). The second-order valence-corrected chi connectivity index (χ2v) is 5.22. The summed E-state index contributed by atoms with van der Waals surface area (Å²) in [7, 11) is 1.65. The highest BCUT2D eigenvalue weighted by atomic mass is 35.5. The molecule has 0 aliphatic carbocycles. The van der Waals surface area contributed by atoms with Crippen molar-refractivity contribution in [3.8, 4) is 0 Å². The SMILES string of the molecule is COCC1CCCN1C(=O)c1ccc(Cl)cc1Cl. The van der Waals surface area contributed by atoms with Crippen LogP contribution >= 0.6 is 23.2 Å². The van der Waals surface area contributed by atoms with E-state index in [2.05, 4.69) is 0 Å². The van der Waals surface area contributed by atoms with Crippen molar-refractivity contribution < 1.29 is 9.53 Å². The quantitative estimate of drug-likeness (QED) is 0.854. The van der Waals surface area contributed by atoms with Gasteiger partial charge in [-0.25, -0.2) is 0 Å². The van der Waals surface area contributed by atoms with Crippen LogP contribution in [0.5, 0.6) is 0 Å². The predicted molar refractivity (Wildman–Crippen MR) is 72.4 cm³/mol. The fraction of sp³-hybridized carbons (Fsp3) is 0.462. The minimum Gasteiger partial charge on any atom is -0.383 e. The molecule has 1 unspecified atom stereocenters. The highest BCUT2D eigenvalue weighted by Crippen LogP contribution is 2.26. The van der Waals surface area contributed by atoms with E-state index < -0.39 is 0 Å². The third kappa shape index (κ3) is 2.79. The Morgan fingerprint density at radius 2 is 2.28 bits per heavy atom. The molecule has 1 heterocycles. The topological polar surface area (TPSA) is 29.5 Å². The van der Waals surface area contributed by atoms with E-state index in [-0.39, 0.29) is 11.9 Å². The number of hydrogen-bond acceptors (Lipinski definition) is 2. The number of methoxy groups -OCH3 is 1. The van der Waals surface area contributed by atoms with Gasteiger partial charge in [0.15, 0.2) is 0 Å². The zero-order valence-electron chi connectivity index (χ0n) is 10.2. The summed E-state index contributed by atoms with van der Waals surface area (Å²) in [6, 6.07) is 5.10. The molecule has 0 aromatic heterocycles. The van der Waals surface area contributed by atoms with Gasteiger partial charge < -0.3 is 9.64 Å². The number of hydrogen-bond donors (Lipinski definition) is 0. The molecule has 98 valence electrons. The number of carbonyl (C=O) groups is 1. The first-order chi connectivity index (χ1) is 8.63. The first-order valence-corrected chi connectivity index (χ1v) is 6.64. The van der Waals surface area contributed by atoms with Crippen LogP contribution in [0.2, 0.25) is 10.0 Å². The summed E-state index contributed by atoms with van der Waals surface area (Å²) in [6.07, 6.45) is 1.98. The molecule has 0 radical (unpaired) electrons. The molecule has 5 heteroatoms. The smallest absolute Gasteiger partial charge is 0.255 e. The number of ether oxygens (including phenoxy) is 1. The van der Waals surface area contributed by atoms with Crippen LogP contribution in [-0.2, 0) is 4.74 Å². The number of benzene rings is 1. The van der Waals surface area contributed by atoms with Crippen molar-refractivity contribution >= 4 is 29.1 Å². The molecule has 18 heavy (non-hydrogen) atoms. The molecule has 3 nitrogen and oxygen atoms in total. The molecule has 0 saturated carbocycles. The van der Waals surface area contributed by atoms with E-state index in [1.165, 1.54) is 0 Å². The van der Waals surface area contributed by atoms with E-state index in [1.807, 2.05) is 4.90 Å². The van der Waals surface area contributed by atoms with Crippen LogP contribution in [0, 0.1) is 0 Å². The summed E-state index contributed by atoms with van der Waals surface area (Å²) in [6.45, 7) is 1.32. The van der Waals surface area contributed by atoms with Crippen molar-refractivity contribution in [3.05, 3.63) is 33.8 Å². The van der Waals surface area contributed by atoms with Crippen LogP contribution in [-0.4, -0.2) is 37.1 Å². The van der Waals surface area contributed by atoms with Gasteiger partial charge in [0, 0.05) is 18.7 Å². The maximum absolute atomic E-state index is 12.4. The monoisotopic (exact) mass is 287 g/mol. The molecule has 1 atom stereocenters. The van der Waals surface area contributed by atoms with Crippen molar-refractivity contribution in [2.75, 3.05) is 20.3 Å². The summed E-state index contributed by atoms with van der Waals surface area (Å²) >= 11 is 11.9. The molecule has 0 N–H and O–H groups in total. The molecule has 1 amide bonds. The Morgan fingerprint density at radius 3 is 2.94 bits per heavy atom. The van der Waals surface area contributed by atoms with Gasteiger partial charge in [-0.05, 0) is 31.0 Å². The average molecular weight is 288 g/mol. The van der Waals surface area contributed by atoms with Gasteiger partial charge in [-0.15, -0.1) is 0 Å². The van der Waals surface area contributed by atoms with Gasteiger partial charge in [0.1, 0.15) is 0 Å². The highest BCUT2D eigenvalue weighted by molar-refractivity contribution is 6.36. The largest absolute Gasteiger partial charge is 0.383 e. The Kier molecular flexibility index (Phi) is 4.49. The van der Waals surface area contributed by atoms with Crippen LogP contribution < -0.4 is 0 Å². The number of rotatable bonds is 3. The lowest BCUT2D eigenvalue weighted by atomic mass is 10.1. The number of halogens is 2. The zero-order chi connectivity index (χ0) is 13.1. The Balaban J connectivity index is 2.20. The van der Waals surface area contributed by atoms with E-state index in [0.29, 0.717) is 22.2 Å². The first kappa shape index (κ1) is 13.7. The summed E-state index contributed by atoms with van der Waals surface area (Å²) in [4.78, 5) is 14.2. The predicted octanol–water partition coefficient (Wildman–Crippen LogP) is 3.24. The highest BCUT2D eigenvalue weighted by Gasteiger charge is 2.30. The Morgan fingerprint density at radius 1 is 1.50 bits per heavy atom. The van der Waals surface area contributed by atoms with Crippen molar-refractivity contribution in [2.24, 2.45) is 0 Å². The third-order valence-corrected chi connectivity index (χ3v) is 3.71. The molecule has 0 spiro atoms. The molecule has 1 aromatic rings. The molecule has 1 aliphatic heterocycles. The van der Waals surface area contributed by atoms with E-state index in [9.17, 15) is 4.79 Å². The van der Waals surface area contributed by atoms with Gasteiger partial charge in [0.2, 0.25) is 0 Å². The van der Waals surface area contributed by atoms with Crippen molar-refractivity contribution in [2.45, 2.75) is 18.9 Å². The van der Waals surface area contributed by atoms with E-state index in [1.54, 1.807) is 25.3 Å². The molecule has 1 fully saturated rings.